The summed E-state index contributed by atoms with van der Waals surface area (Å²) in [5.41, 5.74) is 7.07. The molecule has 4 aromatic carbocycles. The highest BCUT2D eigenvalue weighted by Gasteiger charge is 2.28. The third-order valence-corrected chi connectivity index (χ3v) is 7.94. The molecule has 0 radical (unpaired) electrons. The van der Waals surface area contributed by atoms with Gasteiger partial charge in [0.05, 0.1) is 17.6 Å². The maximum absolute atomic E-state index is 13.8. The Morgan fingerprint density at radius 1 is 0.905 bits per heavy atom. The molecular weight excluding hydrogens is 552 g/mol. The Kier molecular flexibility index (Phi) is 8.17. The van der Waals surface area contributed by atoms with Crippen LogP contribution in [0.5, 0.6) is 11.5 Å². The average molecular weight is 585 g/mol. The summed E-state index contributed by atoms with van der Waals surface area (Å²) >= 11 is 0. The van der Waals surface area contributed by atoms with Gasteiger partial charge in [-0.1, -0.05) is 36.4 Å². The zero-order valence-electron chi connectivity index (χ0n) is 23.5. The van der Waals surface area contributed by atoms with E-state index in [2.05, 4.69) is 15.0 Å². The van der Waals surface area contributed by atoms with Crippen molar-refractivity contribution in [3.63, 3.8) is 0 Å². The molecule has 1 aromatic heterocycles. The first-order chi connectivity index (χ1) is 20.1. The van der Waals surface area contributed by atoms with Crippen molar-refractivity contribution < 1.29 is 22.7 Å². The van der Waals surface area contributed by atoms with E-state index in [0.29, 0.717) is 35.2 Å². The zero-order valence-corrected chi connectivity index (χ0v) is 24.3. The van der Waals surface area contributed by atoms with Crippen molar-refractivity contribution in [1.82, 2.24) is 9.71 Å². The maximum Gasteiger partial charge on any atom is 0.264 e. The van der Waals surface area contributed by atoms with Crippen LogP contribution in [0.4, 0.5) is 11.5 Å². The summed E-state index contributed by atoms with van der Waals surface area (Å²) in [5, 5.41) is 6.41. The molecule has 0 fully saturated rings. The molecule has 1 unspecified atom stereocenters. The smallest absolute Gasteiger partial charge is 0.264 e. The minimum Gasteiger partial charge on any atom is -0.490 e. The van der Waals surface area contributed by atoms with Crippen LogP contribution >= 0.6 is 0 Å². The molecule has 9 nitrogen and oxygen atoms in total. The summed E-state index contributed by atoms with van der Waals surface area (Å²) < 4.78 is 40.8. The van der Waals surface area contributed by atoms with Gasteiger partial charge < -0.3 is 20.5 Å². The van der Waals surface area contributed by atoms with Crippen LogP contribution in [0.3, 0.4) is 0 Å². The number of nitrogens with two attached hydrogens (primary N) is 1. The van der Waals surface area contributed by atoms with Gasteiger partial charge in [0.1, 0.15) is 11.9 Å². The largest absolute Gasteiger partial charge is 0.490 e. The molecule has 42 heavy (non-hydrogen) atoms. The molecule has 0 saturated carbocycles. The molecule has 10 heteroatoms. The highest BCUT2D eigenvalue weighted by molar-refractivity contribution is 7.90. The number of rotatable bonds is 10. The second kappa shape index (κ2) is 12.0. The number of aromatic nitrogens is 1. The number of anilines is 2. The fourth-order valence-electron chi connectivity index (χ4n) is 4.67. The van der Waals surface area contributed by atoms with Crippen molar-refractivity contribution in [3.8, 4) is 11.5 Å². The lowest BCUT2D eigenvalue weighted by atomic mass is 10.0. The van der Waals surface area contributed by atoms with E-state index in [1.165, 1.54) is 6.07 Å². The van der Waals surface area contributed by atoms with Crippen LogP contribution in [-0.2, 0) is 14.8 Å². The lowest BCUT2D eigenvalue weighted by molar-refractivity contribution is -0.120. The highest BCUT2D eigenvalue weighted by atomic mass is 32.2. The standard InChI is InChI=1S/C32H32N4O5S/c1-4-40-29-19-24(10-14-28(29)41-20(2)3)30(35-25-11-13-27-23(17-25)15-16-34-31(27)33)32(37)36-42(38,39)26-12-9-21-7-5-6-8-22(21)18-26/h5-20,30,35H,4H2,1-3H3,(H2,33,34)(H,36,37). The molecule has 0 aliphatic heterocycles. The molecule has 216 valence electrons. The minimum absolute atomic E-state index is 0.0160. The van der Waals surface area contributed by atoms with Crippen molar-refractivity contribution >= 4 is 49.0 Å². The van der Waals surface area contributed by atoms with Crippen LogP contribution in [-0.4, -0.2) is 32.0 Å². The first-order valence-electron chi connectivity index (χ1n) is 13.5. The summed E-state index contributed by atoms with van der Waals surface area (Å²) in [6.07, 6.45) is 1.50. The van der Waals surface area contributed by atoms with Crippen LogP contribution in [0.1, 0.15) is 32.4 Å². The van der Waals surface area contributed by atoms with Gasteiger partial charge in [-0.2, -0.15) is 0 Å². The van der Waals surface area contributed by atoms with Gasteiger partial charge in [0.15, 0.2) is 11.5 Å². The third kappa shape index (κ3) is 6.23. The number of fused-ring (bicyclic) bond motifs is 2. The molecule has 0 saturated heterocycles. The number of nitrogens with one attached hydrogen (secondary N) is 2. The van der Waals surface area contributed by atoms with E-state index in [-0.39, 0.29) is 11.0 Å². The number of hydrogen-bond acceptors (Lipinski definition) is 8. The highest BCUT2D eigenvalue weighted by Crippen LogP contribution is 2.34. The molecule has 4 N–H and O–H groups in total. The molecule has 1 heterocycles. The lowest BCUT2D eigenvalue weighted by Crippen LogP contribution is -2.37. The van der Waals surface area contributed by atoms with Crippen LogP contribution in [0.2, 0.25) is 0 Å². The van der Waals surface area contributed by atoms with Gasteiger partial charge in [0, 0.05) is 17.3 Å². The van der Waals surface area contributed by atoms with Gasteiger partial charge in [-0.15, -0.1) is 0 Å². The van der Waals surface area contributed by atoms with Crippen LogP contribution in [0.25, 0.3) is 21.5 Å². The molecule has 5 rings (SSSR count). The summed E-state index contributed by atoms with van der Waals surface area (Å²) in [6, 6.07) is 23.3. The Balaban J connectivity index is 1.53. The SMILES string of the molecule is CCOc1cc(C(Nc2ccc3c(N)nccc3c2)C(=O)NS(=O)(=O)c2ccc3ccccc3c2)ccc1OC(C)C. The molecular formula is C32H32N4O5S. The Morgan fingerprint density at radius 2 is 1.69 bits per heavy atom. The Labute approximate surface area is 244 Å². The van der Waals surface area contributed by atoms with Gasteiger partial charge in [0.2, 0.25) is 0 Å². The number of benzene rings is 4. The van der Waals surface area contributed by atoms with Crippen molar-refractivity contribution in [2.75, 3.05) is 17.7 Å². The molecule has 1 amide bonds. The monoisotopic (exact) mass is 584 g/mol. The normalized spacial score (nSPS) is 12.3. The molecule has 0 aliphatic rings. The second-order valence-electron chi connectivity index (χ2n) is 9.99. The molecule has 0 spiro atoms. The number of pyridine rings is 1. The molecule has 0 aliphatic carbocycles. The first-order valence-corrected chi connectivity index (χ1v) is 15.0. The van der Waals surface area contributed by atoms with E-state index in [4.69, 9.17) is 15.2 Å². The fourth-order valence-corrected chi connectivity index (χ4v) is 5.70. The first kappa shape index (κ1) is 28.7. The summed E-state index contributed by atoms with van der Waals surface area (Å²) in [6.45, 7) is 6.03. The van der Waals surface area contributed by atoms with Crippen molar-refractivity contribution in [2.45, 2.75) is 37.8 Å². The second-order valence-corrected chi connectivity index (χ2v) is 11.7. The number of hydrogen-bond donors (Lipinski definition) is 3. The van der Waals surface area contributed by atoms with Crippen LogP contribution in [0.15, 0.2) is 96.0 Å². The number of sulfonamides is 1. The van der Waals surface area contributed by atoms with E-state index >= 15 is 0 Å². The number of carbonyl (C=O) groups excluding carboxylic acids is 1. The molecule has 5 aromatic rings. The van der Waals surface area contributed by atoms with Gasteiger partial charge in [-0.25, -0.2) is 18.1 Å². The number of ether oxygens (including phenoxy) is 2. The van der Waals surface area contributed by atoms with E-state index in [9.17, 15) is 13.2 Å². The zero-order chi connectivity index (χ0) is 29.9. The van der Waals surface area contributed by atoms with E-state index < -0.39 is 22.0 Å². The molecule has 1 atom stereocenters. The van der Waals surface area contributed by atoms with Crippen LogP contribution < -0.4 is 25.2 Å². The third-order valence-electron chi connectivity index (χ3n) is 6.60. The number of carbonyl (C=O) groups is 1. The number of nitrogens with zero attached hydrogens (tertiary/aromatic N) is 1. The quantitative estimate of drug-likeness (QED) is 0.187. The van der Waals surface area contributed by atoms with Gasteiger partial charge in [-0.3, -0.25) is 4.79 Å². The van der Waals surface area contributed by atoms with Crippen LogP contribution in [0, 0.1) is 0 Å². The maximum atomic E-state index is 13.8. The Hall–Kier alpha value is -4.83. The predicted molar refractivity (Wildman–Crippen MR) is 165 cm³/mol. The number of amides is 1. The Bertz CT molecular complexity index is 1870. The fraction of sp³-hybridized carbons (Fsp3) is 0.188. The van der Waals surface area contributed by atoms with E-state index in [0.717, 1.165) is 21.5 Å². The summed E-state index contributed by atoms with van der Waals surface area (Å²) in [5.74, 6) is 0.583. The lowest BCUT2D eigenvalue weighted by Gasteiger charge is -2.22. The van der Waals surface area contributed by atoms with Crippen molar-refractivity contribution in [1.29, 1.82) is 0 Å². The van der Waals surface area contributed by atoms with Gasteiger partial charge >= 0.3 is 0 Å². The van der Waals surface area contributed by atoms with Crippen molar-refractivity contribution in [2.24, 2.45) is 0 Å². The van der Waals surface area contributed by atoms with E-state index in [1.807, 2.05) is 51.1 Å². The molecule has 0 bridgehead atoms. The Morgan fingerprint density at radius 3 is 2.45 bits per heavy atom. The number of nitrogen functional groups attached to an aromatic ring is 1. The topological polar surface area (TPSA) is 133 Å². The van der Waals surface area contributed by atoms with E-state index in [1.54, 1.807) is 54.7 Å². The average Bonchev–Trinajstić information content (AvgIpc) is 2.96. The summed E-state index contributed by atoms with van der Waals surface area (Å²) in [7, 11) is -4.20. The van der Waals surface area contributed by atoms with Gasteiger partial charge in [0.25, 0.3) is 15.9 Å². The minimum atomic E-state index is -4.20. The predicted octanol–water partition coefficient (Wildman–Crippen LogP) is 5.81. The van der Waals surface area contributed by atoms with Crippen molar-refractivity contribution in [3.05, 3.63) is 96.7 Å². The van der Waals surface area contributed by atoms with Gasteiger partial charge in [-0.05, 0) is 91.0 Å². The summed E-state index contributed by atoms with van der Waals surface area (Å²) in [4.78, 5) is 17.9.